The van der Waals surface area contributed by atoms with Gasteiger partial charge in [0.1, 0.15) is 0 Å². The fourth-order valence-corrected chi connectivity index (χ4v) is 2.03. The van der Waals surface area contributed by atoms with E-state index in [-0.39, 0.29) is 11.5 Å². The average molecular weight is 273 g/mol. The lowest BCUT2D eigenvalue weighted by Gasteiger charge is -2.18. The van der Waals surface area contributed by atoms with Gasteiger partial charge in [-0.15, -0.1) is 10.2 Å². The molecule has 1 aromatic carbocycles. The highest BCUT2D eigenvalue weighted by Crippen LogP contribution is 2.26. The van der Waals surface area contributed by atoms with Crippen molar-refractivity contribution in [2.45, 2.75) is 46.1 Å². The summed E-state index contributed by atoms with van der Waals surface area (Å²) < 4.78 is 5.72. The van der Waals surface area contributed by atoms with Crippen molar-refractivity contribution in [3.63, 3.8) is 0 Å². The lowest BCUT2D eigenvalue weighted by atomic mass is 9.87. The average Bonchev–Trinajstić information content (AvgIpc) is 2.88. The summed E-state index contributed by atoms with van der Waals surface area (Å²) in [7, 11) is 0. The Hall–Kier alpha value is -1.68. The van der Waals surface area contributed by atoms with E-state index in [1.807, 2.05) is 19.1 Å². The van der Waals surface area contributed by atoms with Crippen LogP contribution in [0.3, 0.4) is 0 Å². The molecule has 0 aliphatic rings. The van der Waals surface area contributed by atoms with Crippen LogP contribution in [0.2, 0.25) is 0 Å². The summed E-state index contributed by atoms with van der Waals surface area (Å²) in [4.78, 5) is 0. The zero-order chi connectivity index (χ0) is 14.8. The zero-order valence-corrected chi connectivity index (χ0v) is 12.9. The molecule has 0 aliphatic heterocycles. The highest BCUT2D eigenvalue weighted by Gasteiger charge is 2.16. The summed E-state index contributed by atoms with van der Waals surface area (Å²) in [6.07, 6.45) is 0. The van der Waals surface area contributed by atoms with Crippen molar-refractivity contribution in [3.8, 4) is 11.5 Å². The predicted octanol–water partition coefficient (Wildman–Crippen LogP) is 3.70. The van der Waals surface area contributed by atoms with Crippen molar-refractivity contribution in [2.75, 3.05) is 6.54 Å². The third kappa shape index (κ3) is 3.25. The van der Waals surface area contributed by atoms with Crippen molar-refractivity contribution in [1.82, 2.24) is 15.5 Å². The third-order valence-corrected chi connectivity index (χ3v) is 3.32. The van der Waals surface area contributed by atoms with Gasteiger partial charge in [-0.25, -0.2) is 0 Å². The Labute approximate surface area is 120 Å². The standard InChI is InChI=1S/C16H23N3O/c1-6-17-11(2)14-18-19-15(20-14)12-7-9-13(10-8-12)16(3,4)5/h7-11,17H,6H2,1-5H3. The number of rotatable bonds is 4. The number of hydrogen-bond acceptors (Lipinski definition) is 4. The van der Waals surface area contributed by atoms with Crippen molar-refractivity contribution < 1.29 is 4.42 Å². The molecule has 108 valence electrons. The minimum absolute atomic E-state index is 0.0788. The van der Waals surface area contributed by atoms with Crippen LogP contribution in [0.5, 0.6) is 0 Å². The van der Waals surface area contributed by atoms with Crippen LogP contribution in [0, 0.1) is 0 Å². The number of nitrogens with zero attached hydrogens (tertiary/aromatic N) is 2. The molecular formula is C16H23N3O. The minimum atomic E-state index is 0.0788. The van der Waals surface area contributed by atoms with E-state index < -0.39 is 0 Å². The number of hydrogen-bond donors (Lipinski definition) is 1. The number of nitrogens with one attached hydrogen (secondary N) is 1. The Morgan fingerprint density at radius 1 is 1.15 bits per heavy atom. The largest absolute Gasteiger partial charge is 0.419 e. The van der Waals surface area contributed by atoms with Crippen LogP contribution in [-0.4, -0.2) is 16.7 Å². The molecule has 2 rings (SSSR count). The first-order valence-corrected chi connectivity index (χ1v) is 7.09. The SMILES string of the molecule is CCNC(C)c1nnc(-c2ccc(C(C)(C)C)cc2)o1. The molecule has 1 heterocycles. The molecule has 20 heavy (non-hydrogen) atoms. The minimum Gasteiger partial charge on any atom is -0.419 e. The second kappa shape index (κ2) is 5.75. The molecule has 0 bridgehead atoms. The molecule has 0 radical (unpaired) electrons. The molecule has 0 saturated carbocycles. The first-order chi connectivity index (χ1) is 9.41. The van der Waals surface area contributed by atoms with Gasteiger partial charge in [0.25, 0.3) is 0 Å². The Kier molecular flexibility index (Phi) is 4.23. The molecule has 4 heteroatoms. The Morgan fingerprint density at radius 3 is 2.35 bits per heavy atom. The van der Waals surface area contributed by atoms with Crippen LogP contribution in [0.15, 0.2) is 28.7 Å². The highest BCUT2D eigenvalue weighted by molar-refractivity contribution is 5.53. The van der Waals surface area contributed by atoms with E-state index in [9.17, 15) is 0 Å². The molecule has 0 amide bonds. The number of benzene rings is 1. The molecule has 1 aromatic heterocycles. The molecule has 1 unspecified atom stereocenters. The fourth-order valence-electron chi connectivity index (χ4n) is 2.03. The zero-order valence-electron chi connectivity index (χ0n) is 12.9. The maximum Gasteiger partial charge on any atom is 0.247 e. The van der Waals surface area contributed by atoms with Crippen LogP contribution in [0.4, 0.5) is 0 Å². The molecule has 0 fully saturated rings. The van der Waals surface area contributed by atoms with Gasteiger partial charge in [0, 0.05) is 5.56 Å². The van der Waals surface area contributed by atoms with E-state index in [4.69, 9.17) is 4.42 Å². The van der Waals surface area contributed by atoms with Crippen molar-refractivity contribution >= 4 is 0 Å². The van der Waals surface area contributed by atoms with Crippen molar-refractivity contribution in [1.29, 1.82) is 0 Å². The van der Waals surface area contributed by atoms with Gasteiger partial charge in [0.15, 0.2) is 0 Å². The van der Waals surface area contributed by atoms with Gasteiger partial charge in [0.05, 0.1) is 6.04 Å². The van der Waals surface area contributed by atoms with Crippen LogP contribution < -0.4 is 5.32 Å². The summed E-state index contributed by atoms with van der Waals surface area (Å²) >= 11 is 0. The van der Waals surface area contributed by atoms with Crippen LogP contribution in [0.1, 0.15) is 52.1 Å². The van der Waals surface area contributed by atoms with E-state index >= 15 is 0 Å². The summed E-state index contributed by atoms with van der Waals surface area (Å²) in [5, 5.41) is 11.5. The van der Waals surface area contributed by atoms with Gasteiger partial charge in [-0.2, -0.15) is 0 Å². The second-order valence-corrected chi connectivity index (χ2v) is 6.05. The van der Waals surface area contributed by atoms with Gasteiger partial charge in [-0.3, -0.25) is 0 Å². The van der Waals surface area contributed by atoms with Gasteiger partial charge >= 0.3 is 0 Å². The van der Waals surface area contributed by atoms with Gasteiger partial charge in [-0.1, -0.05) is 39.8 Å². The smallest absolute Gasteiger partial charge is 0.247 e. The van der Waals surface area contributed by atoms with Crippen molar-refractivity contribution in [2.24, 2.45) is 0 Å². The fraction of sp³-hybridized carbons (Fsp3) is 0.500. The first kappa shape index (κ1) is 14.7. The van der Waals surface area contributed by atoms with Crippen LogP contribution in [0.25, 0.3) is 11.5 Å². The highest BCUT2D eigenvalue weighted by atomic mass is 16.4. The molecule has 0 saturated heterocycles. The lowest BCUT2D eigenvalue weighted by Crippen LogP contribution is -2.17. The lowest BCUT2D eigenvalue weighted by molar-refractivity contribution is 0.429. The van der Waals surface area contributed by atoms with Crippen molar-refractivity contribution in [3.05, 3.63) is 35.7 Å². The van der Waals surface area contributed by atoms with E-state index in [1.54, 1.807) is 0 Å². The predicted molar refractivity (Wildman–Crippen MR) is 80.5 cm³/mol. The molecule has 1 N–H and O–H groups in total. The molecule has 0 aliphatic carbocycles. The second-order valence-electron chi connectivity index (χ2n) is 6.05. The van der Waals surface area contributed by atoms with Gasteiger partial charge < -0.3 is 9.73 Å². The molecule has 1 atom stereocenters. The first-order valence-electron chi connectivity index (χ1n) is 7.09. The molecule has 4 nitrogen and oxygen atoms in total. The third-order valence-electron chi connectivity index (χ3n) is 3.32. The maximum atomic E-state index is 5.72. The topological polar surface area (TPSA) is 51.0 Å². The Balaban J connectivity index is 2.20. The van der Waals surface area contributed by atoms with Gasteiger partial charge in [-0.05, 0) is 36.6 Å². The summed E-state index contributed by atoms with van der Waals surface area (Å²) in [5.41, 5.74) is 2.40. The maximum absolute atomic E-state index is 5.72. The van der Waals surface area contributed by atoms with Crippen LogP contribution >= 0.6 is 0 Å². The Morgan fingerprint density at radius 2 is 1.80 bits per heavy atom. The quantitative estimate of drug-likeness (QED) is 0.922. The van der Waals surface area contributed by atoms with E-state index in [2.05, 4.69) is 55.3 Å². The number of aromatic nitrogens is 2. The summed E-state index contributed by atoms with van der Waals surface area (Å²) in [6.45, 7) is 11.5. The Bertz CT molecular complexity index is 552. The molecule has 0 spiro atoms. The molecular weight excluding hydrogens is 250 g/mol. The normalized spacial score (nSPS) is 13.4. The van der Waals surface area contributed by atoms with E-state index in [0.717, 1.165) is 12.1 Å². The monoisotopic (exact) mass is 273 g/mol. The molecule has 2 aromatic rings. The summed E-state index contributed by atoms with van der Waals surface area (Å²) in [5.74, 6) is 1.20. The van der Waals surface area contributed by atoms with E-state index in [1.165, 1.54) is 5.56 Å². The summed E-state index contributed by atoms with van der Waals surface area (Å²) in [6, 6.07) is 8.39. The van der Waals surface area contributed by atoms with Crippen LogP contribution in [-0.2, 0) is 5.41 Å². The van der Waals surface area contributed by atoms with E-state index in [0.29, 0.717) is 11.8 Å². The van der Waals surface area contributed by atoms with Gasteiger partial charge in [0.2, 0.25) is 11.8 Å².